The molecule has 2 aromatic heterocycles. The highest BCUT2D eigenvalue weighted by Gasteiger charge is 2.21. The van der Waals surface area contributed by atoms with E-state index in [4.69, 9.17) is 0 Å². The topological polar surface area (TPSA) is 75.5 Å². The number of amides is 2. The first-order valence-corrected chi connectivity index (χ1v) is 13.2. The number of fused-ring (bicyclic) bond motifs is 1. The van der Waals surface area contributed by atoms with Crippen LogP contribution in [0.3, 0.4) is 0 Å². The van der Waals surface area contributed by atoms with Crippen LogP contribution in [0.4, 0.5) is 0 Å². The van der Waals surface area contributed by atoms with Gasteiger partial charge in [-0.25, -0.2) is 4.98 Å². The van der Waals surface area contributed by atoms with E-state index in [9.17, 15) is 9.59 Å². The van der Waals surface area contributed by atoms with Gasteiger partial charge >= 0.3 is 0 Å². The van der Waals surface area contributed by atoms with Crippen molar-refractivity contribution >= 4 is 28.1 Å². The molecule has 2 amide bonds. The molecule has 0 bridgehead atoms. The number of aromatic nitrogens is 2. The van der Waals surface area contributed by atoms with E-state index in [2.05, 4.69) is 27.8 Å². The van der Waals surface area contributed by atoms with Crippen molar-refractivity contribution in [1.82, 2.24) is 20.0 Å². The van der Waals surface area contributed by atoms with Crippen molar-refractivity contribution in [2.45, 2.75) is 25.8 Å². The molecular formula is C30H28N4O2S. The Labute approximate surface area is 220 Å². The van der Waals surface area contributed by atoms with E-state index >= 15 is 0 Å². The zero-order chi connectivity index (χ0) is 25.6. The second-order valence-corrected chi connectivity index (χ2v) is 9.79. The summed E-state index contributed by atoms with van der Waals surface area (Å²) in [5, 5.41) is 8.13. The normalized spacial score (nSPS) is 11.8. The van der Waals surface area contributed by atoms with E-state index in [1.807, 2.05) is 95.7 Å². The van der Waals surface area contributed by atoms with Gasteiger partial charge in [-0.1, -0.05) is 78.9 Å². The summed E-state index contributed by atoms with van der Waals surface area (Å²) < 4.78 is 1.81. The molecule has 0 saturated heterocycles. The van der Waals surface area contributed by atoms with Crippen LogP contribution in [0.5, 0.6) is 0 Å². The fraction of sp³-hybridized carbons (Fsp3) is 0.167. The Balaban J connectivity index is 1.34. The van der Waals surface area contributed by atoms with Gasteiger partial charge in [-0.15, -0.1) is 11.3 Å². The number of carbonyl (C=O) groups is 2. The van der Waals surface area contributed by atoms with Crippen molar-refractivity contribution < 1.29 is 9.59 Å². The molecule has 186 valence electrons. The quantitative estimate of drug-likeness (QED) is 0.275. The number of nitrogens with zero attached hydrogens (tertiary/aromatic N) is 2. The Morgan fingerprint density at radius 1 is 0.919 bits per heavy atom. The summed E-state index contributed by atoms with van der Waals surface area (Å²) >= 11 is 1.49. The lowest BCUT2D eigenvalue weighted by Crippen LogP contribution is -2.44. The summed E-state index contributed by atoms with van der Waals surface area (Å²) in [6.07, 6.45) is 3.31. The third-order valence-corrected chi connectivity index (χ3v) is 7.13. The lowest BCUT2D eigenvalue weighted by Gasteiger charge is -2.21. The Kier molecular flexibility index (Phi) is 7.42. The average Bonchev–Trinajstić information content (AvgIpc) is 3.51. The van der Waals surface area contributed by atoms with Crippen molar-refractivity contribution in [3.8, 4) is 11.1 Å². The zero-order valence-electron chi connectivity index (χ0n) is 20.6. The Morgan fingerprint density at radius 3 is 2.41 bits per heavy atom. The van der Waals surface area contributed by atoms with Crippen LogP contribution in [0.25, 0.3) is 16.1 Å². The van der Waals surface area contributed by atoms with E-state index in [-0.39, 0.29) is 17.9 Å². The molecule has 0 aliphatic carbocycles. The van der Waals surface area contributed by atoms with Crippen molar-refractivity contribution in [2.24, 2.45) is 0 Å². The third kappa shape index (κ3) is 5.62. The molecule has 7 heteroatoms. The first kappa shape index (κ1) is 24.5. The fourth-order valence-electron chi connectivity index (χ4n) is 4.49. The molecule has 0 aliphatic heterocycles. The minimum atomic E-state index is -0.258. The van der Waals surface area contributed by atoms with Gasteiger partial charge in [0.2, 0.25) is 0 Å². The van der Waals surface area contributed by atoms with E-state index in [1.165, 1.54) is 16.9 Å². The molecule has 2 heterocycles. The first-order valence-electron chi connectivity index (χ1n) is 12.3. The fourth-order valence-corrected chi connectivity index (χ4v) is 5.25. The second kappa shape index (κ2) is 11.2. The van der Waals surface area contributed by atoms with E-state index in [0.29, 0.717) is 29.9 Å². The van der Waals surface area contributed by atoms with Gasteiger partial charge in [-0.05, 0) is 42.5 Å². The minimum absolute atomic E-state index is 0.160. The highest BCUT2D eigenvalue weighted by molar-refractivity contribution is 7.15. The van der Waals surface area contributed by atoms with Crippen LogP contribution in [0.15, 0.2) is 96.5 Å². The number of hydrogen-bond donors (Lipinski definition) is 2. The van der Waals surface area contributed by atoms with Crippen LogP contribution >= 0.6 is 11.3 Å². The Bertz CT molecular complexity index is 1510. The van der Waals surface area contributed by atoms with Gasteiger partial charge in [-0.2, -0.15) is 0 Å². The molecule has 0 aliphatic rings. The third-order valence-electron chi connectivity index (χ3n) is 6.38. The summed E-state index contributed by atoms with van der Waals surface area (Å²) in [4.78, 5) is 31.9. The summed E-state index contributed by atoms with van der Waals surface area (Å²) in [7, 11) is 0. The molecule has 6 nitrogen and oxygen atoms in total. The lowest BCUT2D eigenvalue weighted by molar-refractivity contribution is 0.0904. The summed E-state index contributed by atoms with van der Waals surface area (Å²) in [6, 6.07) is 27.4. The predicted octanol–water partition coefficient (Wildman–Crippen LogP) is 5.53. The number of benzene rings is 3. The molecule has 3 aromatic carbocycles. The summed E-state index contributed by atoms with van der Waals surface area (Å²) in [6.45, 7) is 2.14. The number of nitrogens with one attached hydrogen (secondary N) is 2. The van der Waals surface area contributed by atoms with E-state index in [0.717, 1.165) is 22.5 Å². The molecule has 0 radical (unpaired) electrons. The Morgan fingerprint density at radius 2 is 1.62 bits per heavy atom. The molecule has 5 aromatic rings. The van der Waals surface area contributed by atoms with Gasteiger partial charge in [0.15, 0.2) is 4.96 Å². The maximum absolute atomic E-state index is 13.5. The van der Waals surface area contributed by atoms with Crippen molar-refractivity contribution in [3.63, 3.8) is 0 Å². The van der Waals surface area contributed by atoms with Crippen molar-refractivity contribution in [3.05, 3.63) is 119 Å². The van der Waals surface area contributed by atoms with E-state index in [1.54, 1.807) is 0 Å². The lowest BCUT2D eigenvalue weighted by atomic mass is 9.98. The van der Waals surface area contributed by atoms with E-state index < -0.39 is 0 Å². The number of hydrogen-bond acceptors (Lipinski definition) is 4. The molecule has 0 saturated carbocycles. The van der Waals surface area contributed by atoms with Gasteiger partial charge in [0.05, 0.1) is 5.69 Å². The summed E-state index contributed by atoms with van der Waals surface area (Å²) in [5.74, 6) is -0.362. The molecule has 5 rings (SSSR count). The standard InChI is InChI=1S/C30H28N4O2S/c1-21-27(34-18-19-37-30(34)32-21)29(36)31-20-24(17-16-22-10-4-2-5-11-22)33-28(35)26-15-9-8-14-25(26)23-12-6-3-7-13-23/h2-15,18-19,24H,16-17,20H2,1H3,(H,31,36)(H,33,35)/t24-/m1/s1. The van der Waals surface area contributed by atoms with Gasteiger partial charge in [0.25, 0.3) is 11.8 Å². The molecular weight excluding hydrogens is 480 g/mol. The predicted molar refractivity (Wildman–Crippen MR) is 148 cm³/mol. The van der Waals surface area contributed by atoms with Gasteiger partial charge in [0.1, 0.15) is 5.69 Å². The van der Waals surface area contributed by atoms with Gasteiger partial charge in [0, 0.05) is 29.7 Å². The first-order chi connectivity index (χ1) is 18.1. The van der Waals surface area contributed by atoms with Crippen LogP contribution in [0.1, 0.15) is 38.5 Å². The highest BCUT2D eigenvalue weighted by atomic mass is 32.1. The van der Waals surface area contributed by atoms with Crippen molar-refractivity contribution in [1.29, 1.82) is 0 Å². The van der Waals surface area contributed by atoms with Gasteiger partial charge < -0.3 is 10.6 Å². The van der Waals surface area contributed by atoms with Gasteiger partial charge in [-0.3, -0.25) is 14.0 Å². The van der Waals surface area contributed by atoms with Crippen LogP contribution in [-0.2, 0) is 6.42 Å². The number of aryl methyl sites for hydroxylation is 2. The molecule has 0 fully saturated rings. The SMILES string of the molecule is Cc1nc2sccn2c1C(=O)NC[C@@H](CCc1ccccc1)NC(=O)c1ccccc1-c1ccccc1. The molecule has 0 unspecified atom stereocenters. The molecule has 0 spiro atoms. The number of carbonyl (C=O) groups excluding carboxylic acids is 2. The Hall–Kier alpha value is -4.23. The molecule has 1 atom stereocenters. The minimum Gasteiger partial charge on any atom is -0.349 e. The average molecular weight is 509 g/mol. The monoisotopic (exact) mass is 508 g/mol. The molecule has 37 heavy (non-hydrogen) atoms. The van der Waals surface area contributed by atoms with Crippen LogP contribution in [0, 0.1) is 6.92 Å². The van der Waals surface area contributed by atoms with Crippen LogP contribution in [0.2, 0.25) is 0 Å². The number of rotatable bonds is 9. The molecule has 2 N–H and O–H groups in total. The maximum Gasteiger partial charge on any atom is 0.270 e. The maximum atomic E-state index is 13.5. The number of imidazole rings is 1. The zero-order valence-corrected chi connectivity index (χ0v) is 21.4. The number of thiazole rings is 1. The highest BCUT2D eigenvalue weighted by Crippen LogP contribution is 2.23. The van der Waals surface area contributed by atoms with Crippen LogP contribution < -0.4 is 10.6 Å². The smallest absolute Gasteiger partial charge is 0.270 e. The second-order valence-electron chi connectivity index (χ2n) is 8.92. The van der Waals surface area contributed by atoms with Crippen LogP contribution in [-0.4, -0.2) is 33.8 Å². The summed E-state index contributed by atoms with van der Waals surface area (Å²) in [5.41, 5.74) is 4.87. The largest absolute Gasteiger partial charge is 0.349 e. The van der Waals surface area contributed by atoms with Crippen molar-refractivity contribution in [2.75, 3.05) is 6.54 Å².